The lowest BCUT2D eigenvalue weighted by atomic mass is 10.3. The molecule has 0 spiro atoms. The van der Waals surface area contributed by atoms with E-state index < -0.39 is 30.9 Å². The van der Waals surface area contributed by atoms with Crippen LogP contribution >= 0.6 is 11.8 Å². The summed E-state index contributed by atoms with van der Waals surface area (Å²) < 4.78 is -0.131. The van der Waals surface area contributed by atoms with Crippen molar-refractivity contribution < 1.29 is 24.6 Å². The van der Waals surface area contributed by atoms with Gasteiger partial charge in [0.05, 0.1) is 5.75 Å². The maximum absolute atomic E-state index is 11.6. The largest absolute Gasteiger partial charge is 0.480 e. The van der Waals surface area contributed by atoms with Crippen molar-refractivity contribution in [1.82, 2.24) is 4.90 Å². The molecule has 0 aliphatic rings. The van der Waals surface area contributed by atoms with Crippen LogP contribution in [0.15, 0.2) is 0 Å². The lowest BCUT2D eigenvalue weighted by Gasteiger charge is -2.22. The van der Waals surface area contributed by atoms with Crippen molar-refractivity contribution in [2.75, 3.05) is 18.8 Å². The molecule has 0 radical (unpaired) electrons. The van der Waals surface area contributed by atoms with Gasteiger partial charge in [-0.25, -0.2) is 0 Å². The van der Waals surface area contributed by atoms with E-state index in [1.807, 2.05) is 20.8 Å². The summed E-state index contributed by atoms with van der Waals surface area (Å²) in [5.41, 5.74) is 0. The van der Waals surface area contributed by atoms with E-state index in [1.165, 1.54) is 11.8 Å². The Morgan fingerprint density at radius 1 is 1.06 bits per heavy atom. The minimum atomic E-state index is -1.22. The quantitative estimate of drug-likeness (QED) is 0.725. The van der Waals surface area contributed by atoms with E-state index in [0.29, 0.717) is 0 Å². The third kappa shape index (κ3) is 8.56. The Morgan fingerprint density at radius 2 is 1.47 bits per heavy atom. The van der Waals surface area contributed by atoms with Crippen LogP contribution in [-0.4, -0.2) is 56.5 Å². The van der Waals surface area contributed by atoms with Crippen molar-refractivity contribution >= 4 is 29.6 Å². The van der Waals surface area contributed by atoms with Crippen LogP contribution in [0.4, 0.5) is 0 Å². The van der Waals surface area contributed by atoms with Gasteiger partial charge < -0.3 is 15.1 Å². The number of nitrogens with zero attached hydrogens (tertiary/aromatic N) is 1. The number of carboxylic acid groups (broad SMARTS) is 2. The van der Waals surface area contributed by atoms with Gasteiger partial charge in [-0.15, -0.1) is 11.8 Å². The highest BCUT2D eigenvalue weighted by atomic mass is 32.2. The normalized spacial score (nSPS) is 11.0. The molecule has 0 unspecified atom stereocenters. The molecule has 7 heteroatoms. The van der Waals surface area contributed by atoms with Crippen LogP contribution in [0.2, 0.25) is 0 Å². The van der Waals surface area contributed by atoms with Crippen LogP contribution in [0.1, 0.15) is 20.8 Å². The molecular weight excluding hydrogens is 246 g/mol. The molecule has 0 rings (SSSR count). The maximum atomic E-state index is 11.6. The number of carbonyl (C=O) groups excluding carboxylic acids is 1. The third-order valence-corrected chi connectivity index (χ3v) is 2.89. The number of aliphatic carboxylic acids is 2. The summed E-state index contributed by atoms with van der Waals surface area (Å²) in [6, 6.07) is 0. The van der Waals surface area contributed by atoms with E-state index >= 15 is 0 Å². The van der Waals surface area contributed by atoms with E-state index in [-0.39, 0.29) is 10.5 Å². The van der Waals surface area contributed by atoms with Gasteiger partial charge in [-0.3, -0.25) is 14.4 Å². The Kier molecular flexibility index (Phi) is 6.01. The van der Waals surface area contributed by atoms with Gasteiger partial charge in [0, 0.05) is 4.75 Å². The topological polar surface area (TPSA) is 94.9 Å². The Balaban J connectivity index is 4.42. The summed E-state index contributed by atoms with van der Waals surface area (Å²) in [5, 5.41) is 17.2. The molecule has 0 aliphatic heterocycles. The molecule has 17 heavy (non-hydrogen) atoms. The maximum Gasteiger partial charge on any atom is 0.323 e. The monoisotopic (exact) mass is 263 g/mol. The van der Waals surface area contributed by atoms with Gasteiger partial charge in [0.25, 0.3) is 0 Å². The number of carboxylic acids is 2. The van der Waals surface area contributed by atoms with Crippen molar-refractivity contribution in [3.8, 4) is 0 Å². The van der Waals surface area contributed by atoms with Gasteiger partial charge >= 0.3 is 11.9 Å². The molecule has 0 aliphatic carbocycles. The van der Waals surface area contributed by atoms with Crippen LogP contribution in [0.3, 0.4) is 0 Å². The van der Waals surface area contributed by atoms with Crippen LogP contribution in [0, 0.1) is 0 Å². The fraction of sp³-hybridized carbons (Fsp3) is 0.700. The Morgan fingerprint density at radius 3 is 1.76 bits per heavy atom. The molecular formula is C10H17NO5S. The minimum Gasteiger partial charge on any atom is -0.480 e. The van der Waals surface area contributed by atoms with Crippen LogP contribution in [-0.2, 0) is 14.4 Å². The standard InChI is InChI=1S/C10H17NO5S/c1-10(2,3)17-6-7(12)11(4-8(13)14)5-9(15)16/h4-6H2,1-3H3,(H,13,14)(H,15,16). The minimum absolute atomic E-state index is 0.0735. The number of hydrogen-bond acceptors (Lipinski definition) is 4. The lowest BCUT2D eigenvalue weighted by Crippen LogP contribution is -2.40. The first-order valence-electron chi connectivity index (χ1n) is 4.97. The molecule has 0 saturated heterocycles. The van der Waals surface area contributed by atoms with E-state index in [4.69, 9.17) is 10.2 Å². The molecule has 0 aromatic rings. The van der Waals surface area contributed by atoms with Crippen LogP contribution in [0.5, 0.6) is 0 Å². The second kappa shape index (κ2) is 6.48. The van der Waals surface area contributed by atoms with Crippen LogP contribution in [0.25, 0.3) is 0 Å². The molecule has 1 amide bonds. The molecule has 6 nitrogen and oxygen atoms in total. The van der Waals surface area contributed by atoms with Gasteiger partial charge in [0.1, 0.15) is 13.1 Å². The molecule has 0 atom stereocenters. The SMILES string of the molecule is CC(C)(C)SCC(=O)N(CC(=O)O)CC(=O)O. The molecule has 0 bridgehead atoms. The van der Waals surface area contributed by atoms with Crippen molar-refractivity contribution in [3.63, 3.8) is 0 Å². The molecule has 0 heterocycles. The van der Waals surface area contributed by atoms with E-state index in [0.717, 1.165) is 4.90 Å². The van der Waals surface area contributed by atoms with Gasteiger partial charge in [-0.1, -0.05) is 20.8 Å². The predicted octanol–water partition coefficient (Wildman–Crippen LogP) is 0.516. The molecule has 0 fully saturated rings. The predicted molar refractivity (Wildman–Crippen MR) is 64.1 cm³/mol. The number of carbonyl (C=O) groups is 3. The van der Waals surface area contributed by atoms with Gasteiger partial charge in [0.2, 0.25) is 5.91 Å². The second-order valence-corrected chi connectivity index (χ2v) is 6.24. The summed E-state index contributed by atoms with van der Waals surface area (Å²) >= 11 is 1.35. The van der Waals surface area contributed by atoms with Crippen LogP contribution < -0.4 is 0 Å². The first kappa shape index (κ1) is 15.8. The lowest BCUT2D eigenvalue weighted by molar-refractivity contribution is -0.148. The first-order valence-corrected chi connectivity index (χ1v) is 5.95. The average Bonchev–Trinajstić information content (AvgIpc) is 2.10. The zero-order chi connectivity index (χ0) is 13.6. The van der Waals surface area contributed by atoms with Crippen molar-refractivity contribution in [3.05, 3.63) is 0 Å². The summed E-state index contributed by atoms with van der Waals surface area (Å²) in [5.74, 6) is -2.85. The van der Waals surface area contributed by atoms with E-state index in [9.17, 15) is 14.4 Å². The van der Waals surface area contributed by atoms with Gasteiger partial charge in [-0.2, -0.15) is 0 Å². The Bertz CT molecular complexity index is 294. The molecule has 2 N–H and O–H groups in total. The van der Waals surface area contributed by atoms with Gasteiger partial charge in [0.15, 0.2) is 0 Å². The fourth-order valence-corrected chi connectivity index (χ4v) is 1.67. The summed E-state index contributed by atoms with van der Waals surface area (Å²) in [4.78, 5) is 33.5. The van der Waals surface area contributed by atoms with Gasteiger partial charge in [-0.05, 0) is 0 Å². The summed E-state index contributed by atoms with van der Waals surface area (Å²) in [6.45, 7) is 4.59. The fourth-order valence-electron chi connectivity index (χ4n) is 0.928. The third-order valence-electron chi connectivity index (χ3n) is 1.63. The smallest absolute Gasteiger partial charge is 0.323 e. The van der Waals surface area contributed by atoms with E-state index in [1.54, 1.807) is 0 Å². The van der Waals surface area contributed by atoms with Crippen molar-refractivity contribution in [1.29, 1.82) is 0 Å². The average molecular weight is 263 g/mol. The van der Waals surface area contributed by atoms with E-state index in [2.05, 4.69) is 0 Å². The summed E-state index contributed by atoms with van der Waals surface area (Å²) in [7, 11) is 0. The summed E-state index contributed by atoms with van der Waals surface area (Å²) in [6.07, 6.45) is 0. The van der Waals surface area contributed by atoms with Crippen molar-refractivity contribution in [2.24, 2.45) is 0 Å². The number of thioether (sulfide) groups is 1. The number of amides is 1. The Labute approximate surface area is 104 Å². The molecule has 0 saturated carbocycles. The highest BCUT2D eigenvalue weighted by Gasteiger charge is 2.21. The highest BCUT2D eigenvalue weighted by molar-refractivity contribution is 8.01. The first-order chi connectivity index (χ1) is 7.61. The van der Waals surface area contributed by atoms with Crippen molar-refractivity contribution in [2.45, 2.75) is 25.5 Å². The zero-order valence-electron chi connectivity index (χ0n) is 10.1. The Hall–Kier alpha value is -1.24. The highest BCUT2D eigenvalue weighted by Crippen LogP contribution is 2.23. The molecule has 0 aromatic carbocycles. The number of hydrogen-bond donors (Lipinski definition) is 2. The zero-order valence-corrected chi connectivity index (χ0v) is 10.9. The second-order valence-electron chi connectivity index (χ2n) is 4.44. The molecule has 98 valence electrons. The molecule has 0 aromatic heterocycles. The number of rotatable bonds is 6.